The molecule has 0 radical (unpaired) electrons. The fourth-order valence-electron chi connectivity index (χ4n) is 1.33. The van der Waals surface area contributed by atoms with E-state index in [1.165, 1.54) is 0 Å². The summed E-state index contributed by atoms with van der Waals surface area (Å²) in [6, 6.07) is 0. The van der Waals surface area contributed by atoms with Crippen LogP contribution in [0.25, 0.3) is 0 Å². The van der Waals surface area contributed by atoms with Gasteiger partial charge in [0.1, 0.15) is 0 Å². The van der Waals surface area contributed by atoms with Crippen LogP contribution in [0.4, 0.5) is 0 Å². The summed E-state index contributed by atoms with van der Waals surface area (Å²) in [4.78, 5) is 43.6. The molecule has 0 aliphatic heterocycles. The van der Waals surface area contributed by atoms with E-state index in [0.29, 0.717) is 0 Å². The third kappa shape index (κ3) is 6.51. The normalized spacial score (nSPS) is 14.7. The Morgan fingerprint density at radius 3 is 1.79 bits per heavy atom. The highest BCUT2D eigenvalue weighted by Gasteiger charge is 2.36. The number of aliphatic hydroxyl groups is 1. The van der Waals surface area contributed by atoms with Crippen LogP contribution in [0.2, 0.25) is 0 Å². The van der Waals surface area contributed by atoms with E-state index in [1.54, 1.807) is 0 Å². The molecule has 0 saturated heterocycles. The van der Waals surface area contributed by atoms with Gasteiger partial charge in [-0.1, -0.05) is 0 Å². The third-order valence-electron chi connectivity index (χ3n) is 1.93. The average Bonchev–Trinajstić information content (AvgIpc) is 2.29. The number of aldehydes is 1. The monoisotopic (exact) mass is 276 g/mol. The SMILES string of the molecule is CC(=O)O[C@@H]([C@@H](C=O)OC(C)=O)[C@@H](CO)OC(C)=O. The predicted molar refractivity (Wildman–Crippen MR) is 59.8 cm³/mol. The quantitative estimate of drug-likeness (QED) is 0.356. The molecule has 0 spiro atoms. The molecule has 0 fully saturated rings. The Morgan fingerprint density at radius 2 is 1.47 bits per heavy atom. The second-order valence-electron chi connectivity index (χ2n) is 3.61. The molecule has 0 rings (SSSR count). The van der Waals surface area contributed by atoms with Crippen molar-refractivity contribution in [2.75, 3.05) is 6.61 Å². The fourth-order valence-corrected chi connectivity index (χ4v) is 1.33. The van der Waals surface area contributed by atoms with E-state index >= 15 is 0 Å². The molecule has 3 atom stereocenters. The highest BCUT2D eigenvalue weighted by atomic mass is 16.6. The van der Waals surface area contributed by atoms with Crippen LogP contribution in [0.15, 0.2) is 0 Å². The van der Waals surface area contributed by atoms with Gasteiger partial charge >= 0.3 is 17.9 Å². The molecule has 0 aromatic carbocycles. The molecule has 0 aromatic heterocycles. The number of carbonyl (C=O) groups excluding carboxylic acids is 4. The number of hydrogen-bond donors (Lipinski definition) is 1. The summed E-state index contributed by atoms with van der Waals surface area (Å²) < 4.78 is 14.1. The Labute approximate surface area is 109 Å². The van der Waals surface area contributed by atoms with E-state index in [2.05, 4.69) is 4.74 Å². The first-order valence-electron chi connectivity index (χ1n) is 5.39. The van der Waals surface area contributed by atoms with Gasteiger partial charge in [0.05, 0.1) is 6.61 Å². The van der Waals surface area contributed by atoms with Crippen molar-refractivity contribution < 1.29 is 38.5 Å². The molecule has 0 aromatic rings. The molecule has 8 heteroatoms. The average molecular weight is 276 g/mol. The van der Waals surface area contributed by atoms with E-state index in [0.717, 1.165) is 20.8 Å². The summed E-state index contributed by atoms with van der Waals surface area (Å²) in [7, 11) is 0. The second kappa shape index (κ2) is 8.20. The molecule has 0 saturated carbocycles. The number of aliphatic hydroxyl groups excluding tert-OH is 1. The summed E-state index contributed by atoms with van der Waals surface area (Å²) in [6.45, 7) is 2.49. The first kappa shape index (κ1) is 17.0. The zero-order valence-corrected chi connectivity index (χ0v) is 10.8. The molecule has 19 heavy (non-hydrogen) atoms. The van der Waals surface area contributed by atoms with Crippen molar-refractivity contribution in [2.24, 2.45) is 0 Å². The van der Waals surface area contributed by atoms with Crippen LogP contribution >= 0.6 is 0 Å². The molecule has 1 N–H and O–H groups in total. The van der Waals surface area contributed by atoms with Crippen LogP contribution in [-0.4, -0.2) is 54.2 Å². The highest BCUT2D eigenvalue weighted by molar-refractivity contribution is 5.72. The summed E-state index contributed by atoms with van der Waals surface area (Å²) in [6.07, 6.45) is -3.97. The van der Waals surface area contributed by atoms with Crippen LogP contribution < -0.4 is 0 Å². The maximum absolute atomic E-state index is 11.0. The van der Waals surface area contributed by atoms with E-state index in [-0.39, 0.29) is 6.29 Å². The van der Waals surface area contributed by atoms with Gasteiger partial charge in [0.25, 0.3) is 0 Å². The van der Waals surface area contributed by atoms with Crippen molar-refractivity contribution in [1.29, 1.82) is 0 Å². The van der Waals surface area contributed by atoms with E-state index in [9.17, 15) is 19.2 Å². The Kier molecular flexibility index (Phi) is 7.35. The van der Waals surface area contributed by atoms with Crippen LogP contribution in [0, 0.1) is 0 Å². The molecule has 0 heterocycles. The lowest BCUT2D eigenvalue weighted by Gasteiger charge is -2.28. The molecular weight excluding hydrogens is 260 g/mol. The van der Waals surface area contributed by atoms with Crippen LogP contribution in [0.3, 0.4) is 0 Å². The van der Waals surface area contributed by atoms with Gasteiger partial charge in [-0.05, 0) is 0 Å². The second-order valence-corrected chi connectivity index (χ2v) is 3.61. The smallest absolute Gasteiger partial charge is 0.303 e. The van der Waals surface area contributed by atoms with Gasteiger partial charge in [-0.25, -0.2) is 0 Å². The molecule has 8 nitrogen and oxygen atoms in total. The molecular formula is C11H16O8. The van der Waals surface area contributed by atoms with Crippen molar-refractivity contribution in [3.63, 3.8) is 0 Å². The predicted octanol–water partition coefficient (Wildman–Crippen LogP) is -1.03. The summed E-state index contributed by atoms with van der Waals surface area (Å²) in [5.41, 5.74) is 0. The van der Waals surface area contributed by atoms with Gasteiger partial charge in [-0.2, -0.15) is 0 Å². The zero-order valence-electron chi connectivity index (χ0n) is 10.8. The van der Waals surface area contributed by atoms with Crippen LogP contribution in [-0.2, 0) is 33.4 Å². The first-order valence-corrected chi connectivity index (χ1v) is 5.39. The molecule has 108 valence electrons. The lowest BCUT2D eigenvalue weighted by Crippen LogP contribution is -2.47. The van der Waals surface area contributed by atoms with Crippen molar-refractivity contribution in [1.82, 2.24) is 0 Å². The standard InChI is InChI=1S/C11H16O8/c1-6(14)17-9(4-12)11(19-8(3)16)10(5-13)18-7(2)15/h4,9-11,13H,5H2,1-3H3/t9-,10-,11+/m1/s1. The van der Waals surface area contributed by atoms with Crippen molar-refractivity contribution in [3.8, 4) is 0 Å². The minimum Gasteiger partial charge on any atom is -0.456 e. The maximum atomic E-state index is 11.0. The van der Waals surface area contributed by atoms with E-state index in [1.807, 2.05) is 0 Å². The Bertz CT molecular complexity index is 351. The minimum atomic E-state index is -1.47. The largest absolute Gasteiger partial charge is 0.456 e. The van der Waals surface area contributed by atoms with Gasteiger partial charge < -0.3 is 19.3 Å². The van der Waals surface area contributed by atoms with E-state index in [4.69, 9.17) is 14.6 Å². The fraction of sp³-hybridized carbons (Fsp3) is 0.636. The van der Waals surface area contributed by atoms with Crippen LogP contribution in [0.1, 0.15) is 20.8 Å². The molecule has 0 bridgehead atoms. The van der Waals surface area contributed by atoms with Gasteiger partial charge in [0.15, 0.2) is 24.6 Å². The van der Waals surface area contributed by atoms with Crippen molar-refractivity contribution in [2.45, 2.75) is 39.1 Å². The molecule has 0 aliphatic carbocycles. The van der Waals surface area contributed by atoms with E-state index < -0.39 is 42.8 Å². The number of rotatable bonds is 7. The van der Waals surface area contributed by atoms with Gasteiger partial charge in [0, 0.05) is 20.8 Å². The summed E-state index contributed by atoms with van der Waals surface area (Å²) in [5, 5.41) is 9.11. The van der Waals surface area contributed by atoms with Gasteiger partial charge in [0.2, 0.25) is 0 Å². The number of carbonyl (C=O) groups is 4. The minimum absolute atomic E-state index is 0.223. The summed E-state index contributed by atoms with van der Waals surface area (Å²) in [5.74, 6) is -2.31. The lowest BCUT2D eigenvalue weighted by molar-refractivity contribution is -0.185. The molecule has 0 aliphatic rings. The van der Waals surface area contributed by atoms with Crippen molar-refractivity contribution >= 4 is 24.2 Å². The van der Waals surface area contributed by atoms with Crippen molar-refractivity contribution in [3.05, 3.63) is 0 Å². The number of ether oxygens (including phenoxy) is 3. The Balaban J connectivity index is 5.11. The molecule has 0 amide bonds. The number of esters is 3. The lowest BCUT2D eigenvalue weighted by atomic mass is 10.1. The summed E-state index contributed by atoms with van der Waals surface area (Å²) >= 11 is 0. The van der Waals surface area contributed by atoms with Gasteiger partial charge in [-0.3, -0.25) is 19.2 Å². The first-order chi connectivity index (χ1) is 8.81. The third-order valence-corrected chi connectivity index (χ3v) is 1.93. The maximum Gasteiger partial charge on any atom is 0.303 e. The Morgan fingerprint density at radius 1 is 1.00 bits per heavy atom. The Hall–Kier alpha value is -1.96. The zero-order chi connectivity index (χ0) is 15.0. The number of hydrogen-bond acceptors (Lipinski definition) is 8. The molecule has 0 unspecified atom stereocenters. The highest BCUT2D eigenvalue weighted by Crippen LogP contribution is 2.12. The van der Waals surface area contributed by atoms with Crippen LogP contribution in [0.5, 0.6) is 0 Å². The van der Waals surface area contributed by atoms with Gasteiger partial charge in [-0.15, -0.1) is 0 Å². The topological polar surface area (TPSA) is 116 Å².